The fourth-order valence-electron chi connectivity index (χ4n) is 1.50. The van der Waals surface area contributed by atoms with Gasteiger partial charge in [0.2, 0.25) is 0 Å². The van der Waals surface area contributed by atoms with Crippen LogP contribution in [0, 0.1) is 0 Å². The largest absolute Gasteiger partial charge is 0.469 e. The minimum absolute atomic E-state index is 0.222. The molecule has 0 amide bonds. The lowest BCUT2D eigenvalue weighted by Gasteiger charge is -2.13. The number of phosphoric acid groups is 1. The Morgan fingerprint density at radius 2 is 1.71 bits per heavy atom. The molecule has 0 spiro atoms. The van der Waals surface area contributed by atoms with Gasteiger partial charge in [0.1, 0.15) is 0 Å². The number of ether oxygens (including phenoxy) is 1. The van der Waals surface area contributed by atoms with E-state index in [9.17, 15) is 4.57 Å². The summed E-state index contributed by atoms with van der Waals surface area (Å²) >= 11 is 0. The van der Waals surface area contributed by atoms with Crippen LogP contribution < -0.4 is 0 Å². The van der Waals surface area contributed by atoms with E-state index in [-0.39, 0.29) is 6.61 Å². The topological polar surface area (TPSA) is 76.0 Å². The van der Waals surface area contributed by atoms with Crippen molar-refractivity contribution in [3.63, 3.8) is 0 Å². The van der Waals surface area contributed by atoms with Gasteiger partial charge in [0.15, 0.2) is 0 Å². The highest BCUT2D eigenvalue weighted by Gasteiger charge is 2.18. The van der Waals surface area contributed by atoms with Gasteiger partial charge in [0, 0.05) is 6.61 Å². The Kier molecular flexibility index (Phi) is 10.1. The summed E-state index contributed by atoms with van der Waals surface area (Å²) in [5.41, 5.74) is 0. The van der Waals surface area contributed by atoms with E-state index in [1.165, 1.54) is 25.7 Å². The minimum Gasteiger partial charge on any atom is -0.379 e. The number of unbranched alkanes of at least 4 members (excludes halogenated alkanes) is 5. The van der Waals surface area contributed by atoms with Crippen LogP contribution in [0.4, 0.5) is 0 Å². The molecular formula is C11H25O5P. The quantitative estimate of drug-likeness (QED) is 0.445. The first-order chi connectivity index (χ1) is 7.95. The minimum atomic E-state index is -4.38. The first-order valence-corrected chi connectivity index (χ1v) is 7.80. The maximum Gasteiger partial charge on any atom is 0.469 e. The maximum absolute atomic E-state index is 10.5. The van der Waals surface area contributed by atoms with Gasteiger partial charge in [-0.15, -0.1) is 0 Å². The Morgan fingerprint density at radius 3 is 2.29 bits per heavy atom. The van der Waals surface area contributed by atoms with Crippen molar-refractivity contribution in [2.45, 2.75) is 58.5 Å². The molecule has 0 aromatic rings. The van der Waals surface area contributed by atoms with E-state index in [0.717, 1.165) is 12.8 Å². The van der Waals surface area contributed by atoms with Crippen LogP contribution in [0.3, 0.4) is 0 Å². The third-order valence-corrected chi connectivity index (χ3v) is 2.95. The van der Waals surface area contributed by atoms with Crippen LogP contribution in [0.5, 0.6) is 0 Å². The number of rotatable bonds is 11. The molecule has 0 aliphatic rings. The molecule has 0 saturated heterocycles. The molecule has 5 nitrogen and oxygen atoms in total. The third kappa shape index (κ3) is 14.0. The van der Waals surface area contributed by atoms with Gasteiger partial charge < -0.3 is 14.5 Å². The average Bonchev–Trinajstić information content (AvgIpc) is 2.19. The van der Waals surface area contributed by atoms with E-state index in [4.69, 9.17) is 14.5 Å². The molecule has 0 aromatic carbocycles. The van der Waals surface area contributed by atoms with Crippen molar-refractivity contribution in [3.05, 3.63) is 0 Å². The van der Waals surface area contributed by atoms with Gasteiger partial charge in [-0.3, -0.25) is 4.52 Å². The Bertz CT molecular complexity index is 216. The van der Waals surface area contributed by atoms with Crippen molar-refractivity contribution in [3.8, 4) is 0 Å². The fourth-order valence-corrected chi connectivity index (χ4v) is 2.03. The molecule has 0 heterocycles. The van der Waals surface area contributed by atoms with E-state index in [2.05, 4.69) is 11.4 Å². The molecule has 6 heteroatoms. The van der Waals surface area contributed by atoms with Gasteiger partial charge in [-0.05, 0) is 13.3 Å². The molecule has 0 fully saturated rings. The van der Waals surface area contributed by atoms with Gasteiger partial charge in [-0.1, -0.05) is 39.0 Å². The van der Waals surface area contributed by atoms with E-state index in [1.807, 2.05) is 0 Å². The normalized spacial score (nSPS) is 13.9. The second-order valence-electron chi connectivity index (χ2n) is 4.25. The number of hydrogen-bond acceptors (Lipinski definition) is 3. The molecule has 0 saturated carbocycles. The van der Waals surface area contributed by atoms with Crippen LogP contribution in [0.25, 0.3) is 0 Å². The fraction of sp³-hybridized carbons (Fsp3) is 1.00. The van der Waals surface area contributed by atoms with E-state index < -0.39 is 13.9 Å². The monoisotopic (exact) mass is 268 g/mol. The Morgan fingerprint density at radius 1 is 1.12 bits per heavy atom. The van der Waals surface area contributed by atoms with Crippen molar-refractivity contribution < 1.29 is 23.6 Å². The van der Waals surface area contributed by atoms with Crippen LogP contribution in [0.1, 0.15) is 52.4 Å². The third-order valence-electron chi connectivity index (χ3n) is 2.31. The number of phosphoric ester groups is 1. The summed E-state index contributed by atoms with van der Waals surface area (Å²) in [5, 5.41) is 0. The molecule has 0 rings (SSSR count). The van der Waals surface area contributed by atoms with Gasteiger partial charge in [-0.2, -0.15) is 0 Å². The smallest absolute Gasteiger partial charge is 0.379 e. The van der Waals surface area contributed by atoms with Gasteiger partial charge in [0.25, 0.3) is 0 Å². The Labute approximate surface area is 104 Å². The first kappa shape index (κ1) is 17.1. The van der Waals surface area contributed by atoms with Crippen molar-refractivity contribution in [2.24, 2.45) is 0 Å². The molecule has 0 bridgehead atoms. The Hall–Kier alpha value is 0.0700. The molecule has 1 atom stereocenters. The summed E-state index contributed by atoms with van der Waals surface area (Å²) in [6, 6.07) is 0. The second kappa shape index (κ2) is 10.0. The summed E-state index contributed by atoms with van der Waals surface area (Å²) in [6.45, 7) is 4.62. The molecule has 0 radical (unpaired) electrons. The SMILES string of the molecule is CCCCCCCCOCC(C)OP(=O)(O)O. The van der Waals surface area contributed by atoms with Gasteiger partial charge in [0.05, 0.1) is 12.7 Å². The van der Waals surface area contributed by atoms with Crippen LogP contribution in [0.15, 0.2) is 0 Å². The average molecular weight is 268 g/mol. The predicted molar refractivity (Wildman–Crippen MR) is 66.8 cm³/mol. The standard InChI is InChI=1S/C11H25O5P/c1-3-4-5-6-7-8-9-15-10-11(2)16-17(12,13)14/h11H,3-10H2,1-2H3,(H2,12,13,14). The zero-order valence-electron chi connectivity index (χ0n) is 10.8. The maximum atomic E-state index is 10.5. The molecule has 0 aromatic heterocycles. The summed E-state index contributed by atoms with van der Waals surface area (Å²) in [7, 11) is -4.38. The van der Waals surface area contributed by atoms with E-state index in [1.54, 1.807) is 6.92 Å². The van der Waals surface area contributed by atoms with Crippen LogP contribution in [-0.4, -0.2) is 29.1 Å². The van der Waals surface area contributed by atoms with Crippen LogP contribution in [-0.2, 0) is 13.8 Å². The predicted octanol–water partition coefficient (Wildman–Crippen LogP) is 2.86. The summed E-state index contributed by atoms with van der Waals surface area (Å²) < 4.78 is 20.2. The highest BCUT2D eigenvalue weighted by atomic mass is 31.2. The summed E-state index contributed by atoms with van der Waals surface area (Å²) in [4.78, 5) is 17.1. The highest BCUT2D eigenvalue weighted by molar-refractivity contribution is 7.46. The Balaban J connectivity index is 3.25. The second-order valence-corrected chi connectivity index (χ2v) is 5.44. The lowest BCUT2D eigenvalue weighted by Crippen LogP contribution is -2.15. The molecule has 1 unspecified atom stereocenters. The van der Waals surface area contributed by atoms with Crippen LogP contribution >= 0.6 is 7.82 Å². The molecule has 17 heavy (non-hydrogen) atoms. The lowest BCUT2D eigenvalue weighted by atomic mass is 10.1. The van der Waals surface area contributed by atoms with Crippen molar-refractivity contribution >= 4 is 7.82 Å². The highest BCUT2D eigenvalue weighted by Crippen LogP contribution is 2.37. The van der Waals surface area contributed by atoms with Crippen LogP contribution in [0.2, 0.25) is 0 Å². The molecule has 0 aliphatic heterocycles. The van der Waals surface area contributed by atoms with Gasteiger partial charge in [-0.25, -0.2) is 4.57 Å². The number of hydrogen-bond donors (Lipinski definition) is 2. The molecule has 0 aliphatic carbocycles. The van der Waals surface area contributed by atoms with Crippen molar-refractivity contribution in [2.75, 3.05) is 13.2 Å². The van der Waals surface area contributed by atoms with Crippen molar-refractivity contribution in [1.82, 2.24) is 0 Å². The zero-order chi connectivity index (χ0) is 13.1. The van der Waals surface area contributed by atoms with Crippen molar-refractivity contribution in [1.29, 1.82) is 0 Å². The molecule has 2 N–H and O–H groups in total. The van der Waals surface area contributed by atoms with E-state index >= 15 is 0 Å². The first-order valence-electron chi connectivity index (χ1n) is 6.27. The summed E-state index contributed by atoms with van der Waals surface area (Å²) in [5.74, 6) is 0. The zero-order valence-corrected chi connectivity index (χ0v) is 11.7. The molecular weight excluding hydrogens is 243 g/mol. The van der Waals surface area contributed by atoms with Gasteiger partial charge >= 0.3 is 7.82 Å². The lowest BCUT2D eigenvalue weighted by molar-refractivity contribution is 0.0403. The van der Waals surface area contributed by atoms with E-state index in [0.29, 0.717) is 6.61 Å². The summed E-state index contributed by atoms with van der Waals surface area (Å²) in [6.07, 6.45) is 6.60. The molecule has 104 valence electrons.